The number of benzene rings is 2. The number of phenolic OH excluding ortho intramolecular Hbond substituents is 1. The zero-order chi connectivity index (χ0) is 14.5. The number of hydrogen-bond donors (Lipinski definition) is 2. The summed E-state index contributed by atoms with van der Waals surface area (Å²) in [6, 6.07) is 16.8. The van der Waals surface area contributed by atoms with Gasteiger partial charge in [-0.05, 0) is 29.8 Å². The van der Waals surface area contributed by atoms with Crippen LogP contribution in [0.15, 0.2) is 59.1 Å². The van der Waals surface area contributed by atoms with Gasteiger partial charge in [-0.1, -0.05) is 35.5 Å². The first-order chi connectivity index (χ1) is 10.3. The molecule has 3 aromatic rings. The van der Waals surface area contributed by atoms with Crippen molar-refractivity contribution < 1.29 is 9.63 Å². The van der Waals surface area contributed by atoms with E-state index in [1.807, 2.05) is 30.3 Å². The van der Waals surface area contributed by atoms with E-state index >= 15 is 0 Å². The van der Waals surface area contributed by atoms with E-state index in [1.54, 1.807) is 24.3 Å². The summed E-state index contributed by atoms with van der Waals surface area (Å²) in [6.07, 6.45) is 0.656. The van der Waals surface area contributed by atoms with Crippen molar-refractivity contribution in [2.45, 2.75) is 13.0 Å². The summed E-state index contributed by atoms with van der Waals surface area (Å²) < 4.78 is 5.21. The number of aromatic nitrogens is 2. The van der Waals surface area contributed by atoms with Gasteiger partial charge in [0.15, 0.2) is 5.82 Å². The molecule has 0 fully saturated rings. The van der Waals surface area contributed by atoms with E-state index < -0.39 is 0 Å². The molecule has 0 aliphatic carbocycles. The lowest BCUT2D eigenvalue weighted by atomic mass is 10.1. The standard InChI is InChI=1S/C16H15N3O2/c20-14-8-6-13(7-9-14)17-11-16-18-15(19-21-16)10-12-4-2-1-3-5-12/h1-9,17,20H,10-11H2. The molecule has 5 nitrogen and oxygen atoms in total. The van der Waals surface area contributed by atoms with Crippen LogP contribution in [-0.4, -0.2) is 15.2 Å². The Hall–Kier alpha value is -2.82. The second kappa shape index (κ2) is 6.09. The van der Waals surface area contributed by atoms with Gasteiger partial charge in [0, 0.05) is 12.1 Å². The summed E-state index contributed by atoms with van der Waals surface area (Å²) in [6.45, 7) is 0.451. The highest BCUT2D eigenvalue weighted by atomic mass is 16.5. The third kappa shape index (κ3) is 3.60. The lowest BCUT2D eigenvalue weighted by Crippen LogP contribution is -1.99. The molecule has 2 aromatic carbocycles. The smallest absolute Gasteiger partial charge is 0.245 e. The molecular formula is C16H15N3O2. The van der Waals surface area contributed by atoms with Crippen LogP contribution in [-0.2, 0) is 13.0 Å². The largest absolute Gasteiger partial charge is 0.508 e. The Morgan fingerprint density at radius 3 is 2.52 bits per heavy atom. The van der Waals surface area contributed by atoms with Gasteiger partial charge in [0.05, 0.1) is 6.54 Å². The van der Waals surface area contributed by atoms with Crippen molar-refractivity contribution >= 4 is 5.69 Å². The molecule has 21 heavy (non-hydrogen) atoms. The van der Waals surface area contributed by atoms with Crippen molar-refractivity contribution in [2.24, 2.45) is 0 Å². The predicted octanol–water partition coefficient (Wildman–Crippen LogP) is 2.98. The number of hydrogen-bond acceptors (Lipinski definition) is 5. The van der Waals surface area contributed by atoms with E-state index in [4.69, 9.17) is 4.52 Å². The molecule has 0 atom stereocenters. The zero-order valence-corrected chi connectivity index (χ0v) is 11.4. The minimum Gasteiger partial charge on any atom is -0.508 e. The first-order valence-electron chi connectivity index (χ1n) is 6.68. The normalized spacial score (nSPS) is 10.5. The maximum atomic E-state index is 9.22. The van der Waals surface area contributed by atoms with Crippen LogP contribution >= 0.6 is 0 Å². The molecule has 3 rings (SSSR count). The molecular weight excluding hydrogens is 266 g/mol. The highest BCUT2D eigenvalue weighted by Gasteiger charge is 2.06. The van der Waals surface area contributed by atoms with Crippen molar-refractivity contribution in [1.82, 2.24) is 10.1 Å². The van der Waals surface area contributed by atoms with Gasteiger partial charge in [-0.25, -0.2) is 0 Å². The number of nitrogens with zero attached hydrogens (tertiary/aromatic N) is 2. The van der Waals surface area contributed by atoms with E-state index in [0.717, 1.165) is 11.3 Å². The zero-order valence-electron chi connectivity index (χ0n) is 11.4. The lowest BCUT2D eigenvalue weighted by molar-refractivity contribution is 0.378. The summed E-state index contributed by atoms with van der Waals surface area (Å²) in [5, 5.41) is 16.3. The van der Waals surface area contributed by atoms with Crippen molar-refractivity contribution in [3.05, 3.63) is 71.9 Å². The Bertz CT molecular complexity index is 693. The van der Waals surface area contributed by atoms with Gasteiger partial charge in [-0.15, -0.1) is 0 Å². The van der Waals surface area contributed by atoms with Crippen LogP contribution in [0.5, 0.6) is 5.75 Å². The molecule has 0 aliphatic heterocycles. The fraction of sp³-hybridized carbons (Fsp3) is 0.125. The van der Waals surface area contributed by atoms with Crippen molar-refractivity contribution in [3.8, 4) is 5.75 Å². The quantitative estimate of drug-likeness (QED) is 0.703. The first kappa shape index (κ1) is 13.2. The summed E-state index contributed by atoms with van der Waals surface area (Å²) >= 11 is 0. The van der Waals surface area contributed by atoms with Gasteiger partial charge >= 0.3 is 0 Å². The third-order valence-corrected chi connectivity index (χ3v) is 3.03. The molecule has 0 aliphatic rings. The highest BCUT2D eigenvalue weighted by Crippen LogP contribution is 2.14. The molecule has 0 saturated heterocycles. The van der Waals surface area contributed by atoms with E-state index in [0.29, 0.717) is 24.7 Å². The van der Waals surface area contributed by atoms with E-state index in [-0.39, 0.29) is 5.75 Å². The molecule has 1 heterocycles. The molecule has 2 N–H and O–H groups in total. The molecule has 106 valence electrons. The summed E-state index contributed by atoms with van der Waals surface area (Å²) in [4.78, 5) is 4.35. The highest BCUT2D eigenvalue weighted by molar-refractivity contribution is 5.45. The van der Waals surface area contributed by atoms with Gasteiger partial charge in [0.25, 0.3) is 0 Å². The van der Waals surface area contributed by atoms with Gasteiger partial charge in [-0.3, -0.25) is 0 Å². The fourth-order valence-electron chi connectivity index (χ4n) is 1.97. The number of phenols is 1. The maximum absolute atomic E-state index is 9.22. The molecule has 0 amide bonds. The van der Waals surface area contributed by atoms with Gasteiger partial charge < -0.3 is 14.9 Å². The molecule has 0 unspecified atom stereocenters. The molecule has 0 saturated carbocycles. The number of nitrogens with one attached hydrogen (secondary N) is 1. The van der Waals surface area contributed by atoms with E-state index in [1.165, 1.54) is 0 Å². The first-order valence-corrected chi connectivity index (χ1v) is 6.68. The predicted molar refractivity (Wildman–Crippen MR) is 79.0 cm³/mol. The number of rotatable bonds is 5. The Labute approximate surface area is 122 Å². The Balaban J connectivity index is 1.59. The van der Waals surface area contributed by atoms with Crippen LogP contribution in [0.2, 0.25) is 0 Å². The third-order valence-electron chi connectivity index (χ3n) is 3.03. The van der Waals surface area contributed by atoms with Crippen LogP contribution in [0.3, 0.4) is 0 Å². The average molecular weight is 281 g/mol. The monoisotopic (exact) mass is 281 g/mol. The Kier molecular flexibility index (Phi) is 3.82. The molecule has 0 bridgehead atoms. The van der Waals surface area contributed by atoms with Crippen LogP contribution in [0, 0.1) is 0 Å². The van der Waals surface area contributed by atoms with Crippen LogP contribution in [0.25, 0.3) is 0 Å². The molecule has 0 radical (unpaired) electrons. The second-order valence-corrected chi connectivity index (χ2v) is 4.67. The lowest BCUT2D eigenvalue weighted by Gasteiger charge is -2.02. The maximum Gasteiger partial charge on any atom is 0.245 e. The van der Waals surface area contributed by atoms with Crippen LogP contribution in [0.1, 0.15) is 17.3 Å². The summed E-state index contributed by atoms with van der Waals surface area (Å²) in [5.41, 5.74) is 2.03. The van der Waals surface area contributed by atoms with E-state index in [9.17, 15) is 5.11 Å². The number of aromatic hydroxyl groups is 1. The summed E-state index contributed by atoms with van der Waals surface area (Å²) in [7, 11) is 0. The van der Waals surface area contributed by atoms with Crippen LogP contribution in [0.4, 0.5) is 5.69 Å². The van der Waals surface area contributed by atoms with Crippen LogP contribution < -0.4 is 5.32 Å². The van der Waals surface area contributed by atoms with Gasteiger partial charge in [-0.2, -0.15) is 4.98 Å². The topological polar surface area (TPSA) is 71.2 Å². The SMILES string of the molecule is Oc1ccc(NCc2nc(Cc3ccccc3)no2)cc1. The Morgan fingerprint density at radius 2 is 1.76 bits per heavy atom. The fourth-order valence-corrected chi connectivity index (χ4v) is 1.97. The van der Waals surface area contributed by atoms with Crippen molar-refractivity contribution in [3.63, 3.8) is 0 Å². The minimum absolute atomic E-state index is 0.239. The number of anilines is 1. The summed E-state index contributed by atoms with van der Waals surface area (Å²) in [5.74, 6) is 1.45. The molecule has 5 heteroatoms. The van der Waals surface area contributed by atoms with Gasteiger partial charge in [0.2, 0.25) is 5.89 Å². The molecule has 1 aromatic heterocycles. The average Bonchev–Trinajstić information content (AvgIpc) is 2.95. The van der Waals surface area contributed by atoms with E-state index in [2.05, 4.69) is 15.5 Å². The van der Waals surface area contributed by atoms with Crippen molar-refractivity contribution in [1.29, 1.82) is 0 Å². The minimum atomic E-state index is 0.239. The molecule has 0 spiro atoms. The second-order valence-electron chi connectivity index (χ2n) is 4.67. The Morgan fingerprint density at radius 1 is 1.00 bits per heavy atom. The van der Waals surface area contributed by atoms with Gasteiger partial charge in [0.1, 0.15) is 5.75 Å². The van der Waals surface area contributed by atoms with Crippen molar-refractivity contribution in [2.75, 3.05) is 5.32 Å².